The fourth-order valence-corrected chi connectivity index (χ4v) is 2.89. The van der Waals surface area contributed by atoms with Crippen LogP contribution in [-0.4, -0.2) is 5.11 Å². The lowest BCUT2D eigenvalue weighted by atomic mass is 10.1. The fourth-order valence-electron chi connectivity index (χ4n) is 1.68. The molecule has 0 aliphatic carbocycles. The molecule has 0 atom stereocenters. The van der Waals surface area contributed by atoms with Crippen molar-refractivity contribution in [2.75, 3.05) is 0 Å². The zero-order valence-electron chi connectivity index (χ0n) is 10.4. The number of hydrogen-bond acceptors (Lipinski definition) is 2. The first-order valence-electron chi connectivity index (χ1n) is 5.74. The number of benzene rings is 2. The Labute approximate surface area is 117 Å². The number of hydrogen-bond donors (Lipinski definition) is 1. The smallest absolute Gasteiger partial charge is 0.0693 e. The van der Waals surface area contributed by atoms with Crippen molar-refractivity contribution >= 4 is 23.4 Å². The summed E-state index contributed by atoms with van der Waals surface area (Å²) in [4.78, 5) is 2.22. The van der Waals surface area contributed by atoms with Crippen LogP contribution in [0.25, 0.3) is 0 Å². The molecule has 0 amide bonds. The van der Waals surface area contributed by atoms with Gasteiger partial charge in [0.05, 0.1) is 6.61 Å². The normalized spacial score (nSPS) is 10.7. The molecule has 0 aliphatic heterocycles. The van der Waals surface area contributed by atoms with Crippen molar-refractivity contribution in [3.63, 3.8) is 0 Å². The van der Waals surface area contributed by atoms with Crippen LogP contribution in [0.5, 0.6) is 0 Å². The van der Waals surface area contributed by atoms with Crippen LogP contribution >= 0.6 is 23.4 Å². The van der Waals surface area contributed by atoms with Crippen LogP contribution in [0.15, 0.2) is 46.2 Å². The summed E-state index contributed by atoms with van der Waals surface area (Å²) in [5, 5.41) is 10.0. The number of rotatable bonds is 3. The Morgan fingerprint density at radius 2 is 1.83 bits per heavy atom. The van der Waals surface area contributed by atoms with Gasteiger partial charge in [0, 0.05) is 14.8 Å². The number of aliphatic hydroxyl groups excluding tert-OH is 1. The van der Waals surface area contributed by atoms with E-state index in [2.05, 4.69) is 32.0 Å². The number of halogens is 1. The minimum absolute atomic E-state index is 0.00768. The van der Waals surface area contributed by atoms with E-state index in [1.165, 1.54) is 16.0 Å². The highest BCUT2D eigenvalue weighted by molar-refractivity contribution is 7.99. The summed E-state index contributed by atoms with van der Waals surface area (Å²) in [6, 6.07) is 12.0. The van der Waals surface area contributed by atoms with E-state index < -0.39 is 0 Å². The average Bonchev–Trinajstić information content (AvgIpc) is 2.36. The second kappa shape index (κ2) is 5.79. The van der Waals surface area contributed by atoms with E-state index >= 15 is 0 Å². The van der Waals surface area contributed by atoms with E-state index in [0.717, 1.165) is 10.5 Å². The van der Waals surface area contributed by atoms with Gasteiger partial charge in [0.2, 0.25) is 0 Å². The summed E-state index contributed by atoms with van der Waals surface area (Å²) in [7, 11) is 0. The van der Waals surface area contributed by atoms with Crippen molar-refractivity contribution < 1.29 is 5.11 Å². The lowest BCUT2D eigenvalue weighted by Gasteiger charge is -2.09. The predicted molar refractivity (Wildman–Crippen MR) is 77.4 cm³/mol. The van der Waals surface area contributed by atoms with Gasteiger partial charge in [-0.15, -0.1) is 0 Å². The number of aryl methyl sites for hydroxylation is 2. The second-order valence-corrected chi connectivity index (χ2v) is 5.81. The molecule has 0 fully saturated rings. The van der Waals surface area contributed by atoms with Gasteiger partial charge in [-0.05, 0) is 60.9 Å². The van der Waals surface area contributed by atoms with Crippen LogP contribution < -0.4 is 0 Å². The highest BCUT2D eigenvalue weighted by Crippen LogP contribution is 2.32. The van der Waals surface area contributed by atoms with Crippen LogP contribution in [-0.2, 0) is 6.61 Å². The van der Waals surface area contributed by atoms with E-state index in [1.54, 1.807) is 11.8 Å². The van der Waals surface area contributed by atoms with Crippen molar-refractivity contribution in [2.24, 2.45) is 0 Å². The number of aliphatic hydroxyl groups is 1. The lowest BCUT2D eigenvalue weighted by molar-refractivity contribution is 0.279. The Balaban J connectivity index is 2.30. The first-order chi connectivity index (χ1) is 8.60. The molecule has 2 rings (SSSR count). The minimum Gasteiger partial charge on any atom is -0.392 e. The van der Waals surface area contributed by atoms with Crippen LogP contribution in [0, 0.1) is 13.8 Å². The summed E-state index contributed by atoms with van der Waals surface area (Å²) in [5.74, 6) is 0. The predicted octanol–water partition coefficient (Wildman–Crippen LogP) is 4.60. The summed E-state index contributed by atoms with van der Waals surface area (Å²) in [6.07, 6.45) is 0. The van der Waals surface area contributed by atoms with Crippen molar-refractivity contribution in [3.8, 4) is 0 Å². The summed E-state index contributed by atoms with van der Waals surface area (Å²) in [5.41, 5.74) is 3.43. The van der Waals surface area contributed by atoms with Gasteiger partial charge in [-0.2, -0.15) is 0 Å². The molecule has 0 saturated heterocycles. The van der Waals surface area contributed by atoms with E-state index in [0.29, 0.717) is 5.02 Å². The van der Waals surface area contributed by atoms with E-state index in [9.17, 15) is 5.11 Å². The second-order valence-electron chi connectivity index (χ2n) is 4.26. The van der Waals surface area contributed by atoms with E-state index in [1.807, 2.05) is 18.2 Å². The van der Waals surface area contributed by atoms with Crippen molar-refractivity contribution in [1.82, 2.24) is 0 Å². The molecule has 0 aromatic heterocycles. The molecule has 0 aliphatic rings. The quantitative estimate of drug-likeness (QED) is 0.885. The molecule has 0 heterocycles. The van der Waals surface area contributed by atoms with Gasteiger partial charge in [0.25, 0.3) is 0 Å². The van der Waals surface area contributed by atoms with Gasteiger partial charge in [-0.1, -0.05) is 29.4 Å². The van der Waals surface area contributed by atoms with E-state index in [-0.39, 0.29) is 6.61 Å². The third-order valence-electron chi connectivity index (χ3n) is 2.90. The van der Waals surface area contributed by atoms with E-state index in [4.69, 9.17) is 11.6 Å². The maximum Gasteiger partial charge on any atom is 0.0693 e. The molecule has 0 spiro atoms. The Kier molecular flexibility index (Phi) is 4.33. The standard InChI is InChI=1S/C15H15ClOS/c1-10-3-5-14(7-11(10)2)18-15-6-4-13(16)8-12(15)9-17/h3-8,17H,9H2,1-2H3. The Morgan fingerprint density at radius 3 is 2.50 bits per heavy atom. The Bertz CT molecular complexity index is 566. The van der Waals surface area contributed by atoms with Crippen LogP contribution in [0.2, 0.25) is 5.02 Å². The molecule has 1 nitrogen and oxygen atoms in total. The third kappa shape index (κ3) is 3.08. The van der Waals surface area contributed by atoms with Gasteiger partial charge < -0.3 is 5.11 Å². The molecule has 0 radical (unpaired) electrons. The fraction of sp³-hybridized carbons (Fsp3) is 0.200. The maximum atomic E-state index is 9.35. The molecule has 2 aromatic carbocycles. The lowest BCUT2D eigenvalue weighted by Crippen LogP contribution is -1.88. The molecule has 0 unspecified atom stereocenters. The molecule has 94 valence electrons. The Morgan fingerprint density at radius 1 is 1.06 bits per heavy atom. The van der Waals surface area contributed by atoms with Crippen LogP contribution in [0.3, 0.4) is 0 Å². The molecule has 2 aromatic rings. The van der Waals surface area contributed by atoms with Gasteiger partial charge in [-0.25, -0.2) is 0 Å². The molecular formula is C15H15ClOS. The molecule has 0 saturated carbocycles. The summed E-state index contributed by atoms with van der Waals surface area (Å²) >= 11 is 7.58. The molecule has 1 N–H and O–H groups in total. The highest BCUT2D eigenvalue weighted by atomic mass is 35.5. The average molecular weight is 279 g/mol. The monoisotopic (exact) mass is 278 g/mol. The largest absolute Gasteiger partial charge is 0.392 e. The van der Waals surface area contributed by atoms with Gasteiger partial charge in [0.15, 0.2) is 0 Å². The summed E-state index contributed by atoms with van der Waals surface area (Å²) < 4.78 is 0. The Hall–Kier alpha value is -0.960. The molecular weight excluding hydrogens is 264 g/mol. The third-order valence-corrected chi connectivity index (χ3v) is 4.24. The first-order valence-corrected chi connectivity index (χ1v) is 6.94. The van der Waals surface area contributed by atoms with Crippen LogP contribution in [0.1, 0.15) is 16.7 Å². The van der Waals surface area contributed by atoms with Gasteiger partial charge in [-0.3, -0.25) is 0 Å². The van der Waals surface area contributed by atoms with Crippen molar-refractivity contribution in [3.05, 3.63) is 58.1 Å². The minimum atomic E-state index is 0.00768. The SMILES string of the molecule is Cc1ccc(Sc2ccc(Cl)cc2CO)cc1C. The zero-order chi connectivity index (χ0) is 13.1. The van der Waals surface area contributed by atoms with Gasteiger partial charge >= 0.3 is 0 Å². The molecule has 0 bridgehead atoms. The molecule has 18 heavy (non-hydrogen) atoms. The first kappa shape index (κ1) is 13.5. The van der Waals surface area contributed by atoms with Crippen LogP contribution in [0.4, 0.5) is 0 Å². The van der Waals surface area contributed by atoms with Crippen molar-refractivity contribution in [2.45, 2.75) is 30.2 Å². The summed E-state index contributed by atoms with van der Waals surface area (Å²) in [6.45, 7) is 4.22. The maximum absolute atomic E-state index is 9.35. The van der Waals surface area contributed by atoms with Crippen molar-refractivity contribution in [1.29, 1.82) is 0 Å². The topological polar surface area (TPSA) is 20.2 Å². The molecule has 3 heteroatoms. The highest BCUT2D eigenvalue weighted by Gasteiger charge is 2.05. The van der Waals surface area contributed by atoms with Gasteiger partial charge in [0.1, 0.15) is 0 Å². The zero-order valence-corrected chi connectivity index (χ0v) is 12.0.